The summed E-state index contributed by atoms with van der Waals surface area (Å²) < 4.78 is 5.71. The smallest absolute Gasteiger partial charge is 0.164 e. The Morgan fingerprint density at radius 1 is 1.33 bits per heavy atom. The van der Waals surface area contributed by atoms with Crippen LogP contribution in [0.4, 0.5) is 0 Å². The SMILES string of the molecule is C/C=C\SC/C(C)=C1\C=CN(C2OC(CN=O)[C@@H](O)[C@H]2O)C1=NC=C(C)C. The second-order valence-electron chi connectivity index (χ2n) is 6.71. The fourth-order valence-electron chi connectivity index (χ4n) is 2.83. The predicted molar refractivity (Wildman–Crippen MR) is 109 cm³/mol. The molecule has 2 N–H and O–H groups in total. The van der Waals surface area contributed by atoms with Crippen LogP contribution in [-0.2, 0) is 4.74 Å². The summed E-state index contributed by atoms with van der Waals surface area (Å²) in [6, 6.07) is 0. The van der Waals surface area contributed by atoms with Crippen LogP contribution in [-0.4, -0.2) is 57.8 Å². The molecule has 0 amide bonds. The maximum atomic E-state index is 10.6. The third kappa shape index (κ3) is 5.16. The molecule has 2 heterocycles. The normalized spacial score (nSPS) is 31.2. The van der Waals surface area contributed by atoms with Crippen LogP contribution in [0.1, 0.15) is 27.7 Å². The van der Waals surface area contributed by atoms with Gasteiger partial charge in [-0.25, -0.2) is 4.99 Å². The van der Waals surface area contributed by atoms with Gasteiger partial charge in [0.15, 0.2) is 6.23 Å². The van der Waals surface area contributed by atoms with Gasteiger partial charge in [0.1, 0.15) is 30.7 Å². The molecule has 2 aliphatic rings. The van der Waals surface area contributed by atoms with Gasteiger partial charge < -0.3 is 19.8 Å². The number of hydrogen-bond acceptors (Lipinski definition) is 7. The monoisotopic (exact) mass is 393 g/mol. The average molecular weight is 394 g/mol. The van der Waals surface area contributed by atoms with Crippen molar-refractivity contribution < 1.29 is 14.9 Å². The minimum Gasteiger partial charge on any atom is -0.387 e. The highest BCUT2D eigenvalue weighted by molar-refractivity contribution is 8.02. The van der Waals surface area contributed by atoms with Crippen molar-refractivity contribution >= 4 is 17.6 Å². The Labute approximate surface area is 164 Å². The maximum absolute atomic E-state index is 10.6. The van der Waals surface area contributed by atoms with Crippen molar-refractivity contribution in [1.29, 1.82) is 0 Å². The first-order chi connectivity index (χ1) is 12.9. The van der Waals surface area contributed by atoms with Crippen LogP contribution >= 0.6 is 11.8 Å². The van der Waals surface area contributed by atoms with Crippen molar-refractivity contribution in [1.82, 2.24) is 4.90 Å². The molecule has 0 aliphatic carbocycles. The Kier molecular flexibility index (Phi) is 7.97. The number of aliphatic hydroxyl groups excluding tert-OH is 2. The molecule has 2 unspecified atom stereocenters. The zero-order valence-corrected chi connectivity index (χ0v) is 16.9. The van der Waals surface area contributed by atoms with Crippen LogP contribution in [0.5, 0.6) is 0 Å². The number of nitroso groups, excluding NO2 is 1. The van der Waals surface area contributed by atoms with Crippen molar-refractivity contribution in [3.63, 3.8) is 0 Å². The summed E-state index contributed by atoms with van der Waals surface area (Å²) in [7, 11) is 0. The second-order valence-corrected chi connectivity index (χ2v) is 7.61. The van der Waals surface area contributed by atoms with Gasteiger partial charge in [-0.05, 0) is 39.2 Å². The van der Waals surface area contributed by atoms with Crippen molar-refractivity contribution in [3.8, 4) is 0 Å². The van der Waals surface area contributed by atoms with Crippen LogP contribution in [0.2, 0.25) is 0 Å². The minimum atomic E-state index is -1.18. The lowest BCUT2D eigenvalue weighted by Gasteiger charge is -2.27. The molecule has 2 rings (SSSR count). The molecule has 7 nitrogen and oxygen atoms in total. The number of thioether (sulfide) groups is 1. The van der Waals surface area contributed by atoms with Gasteiger partial charge in [0.2, 0.25) is 0 Å². The predicted octanol–water partition coefficient (Wildman–Crippen LogP) is 2.93. The minimum absolute atomic E-state index is 0.214. The zero-order chi connectivity index (χ0) is 20.0. The van der Waals surface area contributed by atoms with Gasteiger partial charge in [0.05, 0.1) is 0 Å². The quantitative estimate of drug-likeness (QED) is 0.646. The van der Waals surface area contributed by atoms with E-state index in [1.807, 2.05) is 45.3 Å². The van der Waals surface area contributed by atoms with Gasteiger partial charge in [0, 0.05) is 23.7 Å². The Balaban J connectivity index is 2.32. The maximum Gasteiger partial charge on any atom is 0.164 e. The molecule has 148 valence electrons. The molecular formula is C19H27N3O4S. The highest BCUT2D eigenvalue weighted by Crippen LogP contribution is 2.31. The van der Waals surface area contributed by atoms with Crippen molar-refractivity contribution in [3.05, 3.63) is 51.6 Å². The van der Waals surface area contributed by atoms with E-state index in [4.69, 9.17) is 4.74 Å². The summed E-state index contributed by atoms with van der Waals surface area (Å²) in [5, 5.41) is 25.4. The fourth-order valence-corrected chi connectivity index (χ4v) is 3.53. The van der Waals surface area contributed by atoms with Gasteiger partial charge in [-0.15, -0.1) is 11.8 Å². The number of hydrogen-bond donors (Lipinski definition) is 2. The lowest BCUT2D eigenvalue weighted by atomic mass is 10.1. The van der Waals surface area contributed by atoms with Gasteiger partial charge in [-0.2, -0.15) is 4.91 Å². The van der Waals surface area contributed by atoms with E-state index in [2.05, 4.69) is 10.2 Å². The summed E-state index contributed by atoms with van der Waals surface area (Å²) >= 11 is 1.69. The van der Waals surface area contributed by atoms with Crippen molar-refractivity contribution in [2.24, 2.45) is 10.2 Å². The van der Waals surface area contributed by atoms with E-state index in [-0.39, 0.29) is 6.54 Å². The lowest BCUT2D eigenvalue weighted by molar-refractivity contribution is -0.0410. The number of aliphatic hydroxyl groups is 2. The van der Waals surface area contributed by atoms with Crippen LogP contribution in [0.25, 0.3) is 0 Å². The van der Waals surface area contributed by atoms with Crippen molar-refractivity contribution in [2.75, 3.05) is 12.3 Å². The Bertz CT molecular complexity index is 695. The standard InChI is InChI=1S/C19H27N3O4S/c1-5-8-27-11-13(4)14-6-7-22(18(14)20-9-12(2)3)19-17(24)16(23)15(26-19)10-21-25/h5-9,15-17,19,23-24H,10-11H2,1-4H3/b8-5-,14-13+,20-18?/t15?,16-,17-,19?/m1/s1. The third-order valence-corrected chi connectivity index (χ3v) is 5.25. The molecule has 0 aromatic rings. The van der Waals surface area contributed by atoms with Gasteiger partial charge in [-0.1, -0.05) is 22.4 Å². The van der Waals surface area contributed by atoms with E-state index in [1.54, 1.807) is 29.1 Å². The number of aliphatic imine (C=N–C) groups is 1. The van der Waals surface area contributed by atoms with Crippen LogP contribution in [0, 0.1) is 4.91 Å². The van der Waals surface area contributed by atoms with Gasteiger partial charge in [0.25, 0.3) is 0 Å². The largest absolute Gasteiger partial charge is 0.387 e. The zero-order valence-electron chi connectivity index (χ0n) is 16.1. The van der Waals surface area contributed by atoms with Crippen molar-refractivity contribution in [2.45, 2.75) is 52.2 Å². The fraction of sp³-hybridized carbons (Fsp3) is 0.526. The first-order valence-electron chi connectivity index (χ1n) is 8.82. The Morgan fingerprint density at radius 3 is 2.70 bits per heavy atom. The molecular weight excluding hydrogens is 366 g/mol. The van der Waals surface area contributed by atoms with Crippen LogP contribution in [0.3, 0.4) is 0 Å². The van der Waals surface area contributed by atoms with E-state index in [1.165, 1.54) is 0 Å². The number of amidine groups is 1. The summed E-state index contributed by atoms with van der Waals surface area (Å²) in [6.45, 7) is 7.70. The Morgan fingerprint density at radius 2 is 2.07 bits per heavy atom. The lowest BCUT2D eigenvalue weighted by Crippen LogP contribution is -2.43. The molecule has 0 radical (unpaired) electrons. The van der Waals surface area contributed by atoms with E-state index >= 15 is 0 Å². The van der Waals surface area contributed by atoms with Crippen LogP contribution < -0.4 is 0 Å². The highest BCUT2D eigenvalue weighted by Gasteiger charge is 2.47. The molecule has 8 heteroatoms. The van der Waals surface area contributed by atoms with E-state index < -0.39 is 24.5 Å². The first kappa shape index (κ1) is 21.6. The van der Waals surface area contributed by atoms with Gasteiger partial charge >= 0.3 is 0 Å². The molecule has 0 aromatic carbocycles. The highest BCUT2D eigenvalue weighted by atomic mass is 32.2. The average Bonchev–Trinajstić information content (AvgIpc) is 3.16. The number of nitrogens with zero attached hydrogens (tertiary/aromatic N) is 3. The summed E-state index contributed by atoms with van der Waals surface area (Å²) in [5.41, 5.74) is 3.12. The summed E-state index contributed by atoms with van der Waals surface area (Å²) in [4.78, 5) is 16.8. The molecule has 0 spiro atoms. The Hall–Kier alpha value is -1.74. The van der Waals surface area contributed by atoms with E-state index in [0.717, 1.165) is 22.5 Å². The number of allylic oxidation sites excluding steroid dienone is 2. The topological polar surface area (TPSA) is 94.7 Å². The van der Waals surface area contributed by atoms with E-state index in [9.17, 15) is 15.1 Å². The molecule has 27 heavy (non-hydrogen) atoms. The van der Waals surface area contributed by atoms with E-state index in [0.29, 0.717) is 5.84 Å². The molecule has 0 bridgehead atoms. The molecule has 1 fully saturated rings. The first-order valence-corrected chi connectivity index (χ1v) is 9.86. The second kappa shape index (κ2) is 9.98. The third-order valence-electron chi connectivity index (χ3n) is 4.19. The van der Waals surface area contributed by atoms with Crippen LogP contribution in [0.15, 0.2) is 56.8 Å². The van der Waals surface area contributed by atoms with Gasteiger partial charge in [-0.3, -0.25) is 0 Å². The summed E-state index contributed by atoms with van der Waals surface area (Å²) in [6.07, 6.45) is 3.44. The molecule has 1 saturated heterocycles. The number of rotatable bonds is 7. The summed E-state index contributed by atoms with van der Waals surface area (Å²) in [5.74, 6) is 1.45. The molecule has 0 saturated carbocycles. The molecule has 4 atom stereocenters. The molecule has 0 aromatic heterocycles. The number of ether oxygens (including phenoxy) is 1. The molecule has 2 aliphatic heterocycles.